The molecule has 0 saturated carbocycles. The van der Waals surface area contributed by atoms with Crippen LogP contribution in [-0.2, 0) is 5.41 Å². The number of carboxylic acid groups (broad SMARTS) is 1. The number of aromatic carboxylic acids is 1. The van der Waals surface area contributed by atoms with E-state index in [1.54, 1.807) is 6.07 Å². The highest BCUT2D eigenvalue weighted by Crippen LogP contribution is 2.36. The summed E-state index contributed by atoms with van der Waals surface area (Å²) in [5, 5.41) is 18.6. The Labute approximate surface area is 111 Å². The minimum atomic E-state index is -0.989. The molecule has 102 valence electrons. The van der Waals surface area contributed by atoms with Crippen molar-refractivity contribution in [3.63, 3.8) is 0 Å². The lowest BCUT2D eigenvalue weighted by Gasteiger charge is -2.15. The van der Waals surface area contributed by atoms with Crippen LogP contribution in [0.15, 0.2) is 6.07 Å². The van der Waals surface area contributed by atoms with Crippen LogP contribution in [0.3, 0.4) is 0 Å². The molecule has 0 saturated heterocycles. The summed E-state index contributed by atoms with van der Waals surface area (Å²) in [7, 11) is 0. The van der Waals surface area contributed by atoms with Gasteiger partial charge in [0.1, 0.15) is 12.4 Å². The maximum absolute atomic E-state index is 11.1. The second kappa shape index (κ2) is 5.71. The standard InChI is InChI=1S/C13H20O4S/c1-5-8(14)7-17-9-6-10(13(2,3)4)18-11(9)12(15)16/h6,8,14H,5,7H2,1-4H3,(H,15,16). The van der Waals surface area contributed by atoms with E-state index in [2.05, 4.69) is 0 Å². The van der Waals surface area contributed by atoms with Crippen LogP contribution < -0.4 is 4.74 Å². The summed E-state index contributed by atoms with van der Waals surface area (Å²) in [5.41, 5.74) is -0.111. The van der Waals surface area contributed by atoms with Gasteiger partial charge in [0.2, 0.25) is 0 Å². The van der Waals surface area contributed by atoms with Gasteiger partial charge >= 0.3 is 5.97 Å². The fourth-order valence-corrected chi connectivity index (χ4v) is 2.30. The molecule has 0 aliphatic rings. The Hall–Kier alpha value is -1.07. The molecule has 0 amide bonds. The first-order chi connectivity index (χ1) is 8.25. The monoisotopic (exact) mass is 272 g/mol. The first-order valence-electron chi connectivity index (χ1n) is 5.94. The zero-order chi connectivity index (χ0) is 13.9. The van der Waals surface area contributed by atoms with E-state index in [9.17, 15) is 9.90 Å². The molecule has 1 unspecified atom stereocenters. The van der Waals surface area contributed by atoms with E-state index in [1.165, 1.54) is 11.3 Å². The van der Waals surface area contributed by atoms with Gasteiger partial charge < -0.3 is 14.9 Å². The van der Waals surface area contributed by atoms with Crippen molar-refractivity contribution in [2.24, 2.45) is 0 Å². The molecule has 0 fully saturated rings. The van der Waals surface area contributed by atoms with Crippen molar-refractivity contribution >= 4 is 17.3 Å². The average molecular weight is 272 g/mol. The van der Waals surface area contributed by atoms with Gasteiger partial charge in [0.05, 0.1) is 6.10 Å². The molecular weight excluding hydrogens is 252 g/mol. The zero-order valence-electron chi connectivity index (χ0n) is 11.2. The van der Waals surface area contributed by atoms with Gasteiger partial charge in [-0.1, -0.05) is 27.7 Å². The predicted molar refractivity (Wildman–Crippen MR) is 71.8 cm³/mol. The second-order valence-corrected chi connectivity index (χ2v) is 6.28. The molecule has 0 radical (unpaired) electrons. The van der Waals surface area contributed by atoms with E-state index >= 15 is 0 Å². The van der Waals surface area contributed by atoms with Crippen LogP contribution in [-0.4, -0.2) is 28.9 Å². The number of carbonyl (C=O) groups is 1. The van der Waals surface area contributed by atoms with E-state index in [-0.39, 0.29) is 16.9 Å². The number of hydrogen-bond acceptors (Lipinski definition) is 4. The molecule has 1 heterocycles. The fraction of sp³-hybridized carbons (Fsp3) is 0.615. The number of aliphatic hydroxyl groups excluding tert-OH is 1. The molecule has 0 bridgehead atoms. The van der Waals surface area contributed by atoms with Crippen LogP contribution >= 0.6 is 11.3 Å². The van der Waals surface area contributed by atoms with E-state index in [1.807, 2.05) is 27.7 Å². The Morgan fingerprint density at radius 1 is 1.50 bits per heavy atom. The topological polar surface area (TPSA) is 66.8 Å². The second-order valence-electron chi connectivity index (χ2n) is 5.23. The minimum absolute atomic E-state index is 0.111. The van der Waals surface area contributed by atoms with Crippen LogP contribution in [0.25, 0.3) is 0 Å². The van der Waals surface area contributed by atoms with Crippen LogP contribution in [0.2, 0.25) is 0 Å². The van der Waals surface area contributed by atoms with Gasteiger partial charge in [-0.2, -0.15) is 0 Å². The third kappa shape index (κ3) is 3.71. The summed E-state index contributed by atoms with van der Waals surface area (Å²) in [6.07, 6.45) is 0.0169. The van der Waals surface area contributed by atoms with E-state index in [0.717, 1.165) is 4.88 Å². The fourth-order valence-electron chi connectivity index (χ4n) is 1.30. The van der Waals surface area contributed by atoms with E-state index in [0.29, 0.717) is 12.2 Å². The molecule has 4 nitrogen and oxygen atoms in total. The minimum Gasteiger partial charge on any atom is -0.489 e. The van der Waals surface area contributed by atoms with Gasteiger partial charge in [-0.05, 0) is 17.9 Å². The quantitative estimate of drug-likeness (QED) is 0.865. The molecule has 0 spiro atoms. The first-order valence-corrected chi connectivity index (χ1v) is 6.75. The zero-order valence-corrected chi connectivity index (χ0v) is 12.0. The molecule has 0 aliphatic carbocycles. The number of thiophene rings is 1. The lowest BCUT2D eigenvalue weighted by Crippen LogP contribution is -2.16. The Morgan fingerprint density at radius 3 is 2.56 bits per heavy atom. The lowest BCUT2D eigenvalue weighted by atomic mass is 9.95. The molecule has 18 heavy (non-hydrogen) atoms. The van der Waals surface area contributed by atoms with Crippen molar-refractivity contribution in [2.75, 3.05) is 6.61 Å². The van der Waals surface area contributed by atoms with Crippen molar-refractivity contribution < 1.29 is 19.7 Å². The Morgan fingerprint density at radius 2 is 2.11 bits per heavy atom. The number of rotatable bonds is 5. The summed E-state index contributed by atoms with van der Waals surface area (Å²) in [6.45, 7) is 8.04. The third-order valence-electron chi connectivity index (χ3n) is 2.53. The summed E-state index contributed by atoms with van der Waals surface area (Å²) in [5.74, 6) is -0.638. The summed E-state index contributed by atoms with van der Waals surface area (Å²) in [6, 6.07) is 1.76. The molecule has 0 aliphatic heterocycles. The molecule has 1 aromatic heterocycles. The smallest absolute Gasteiger partial charge is 0.349 e. The van der Waals surface area contributed by atoms with Crippen molar-refractivity contribution in [3.8, 4) is 5.75 Å². The first kappa shape index (κ1) is 15.0. The Kier molecular flexibility index (Phi) is 4.76. The average Bonchev–Trinajstić information content (AvgIpc) is 2.69. The molecule has 0 aromatic carbocycles. The lowest BCUT2D eigenvalue weighted by molar-refractivity contribution is 0.0689. The van der Waals surface area contributed by atoms with E-state index in [4.69, 9.17) is 9.84 Å². The van der Waals surface area contributed by atoms with E-state index < -0.39 is 12.1 Å². The maximum Gasteiger partial charge on any atom is 0.349 e. The molecule has 1 aromatic rings. The molecule has 1 atom stereocenters. The predicted octanol–water partition coefficient (Wildman–Crippen LogP) is 2.89. The number of aliphatic hydroxyl groups is 1. The maximum atomic E-state index is 11.1. The summed E-state index contributed by atoms with van der Waals surface area (Å²) >= 11 is 1.23. The highest BCUT2D eigenvalue weighted by Gasteiger charge is 2.23. The molecular formula is C13H20O4S. The van der Waals surface area contributed by atoms with Gasteiger partial charge in [0.25, 0.3) is 0 Å². The van der Waals surface area contributed by atoms with Crippen molar-refractivity contribution in [1.82, 2.24) is 0 Å². The molecule has 1 rings (SSSR count). The van der Waals surface area contributed by atoms with Crippen LogP contribution in [0, 0.1) is 0 Å². The van der Waals surface area contributed by atoms with Gasteiger partial charge in [-0.15, -0.1) is 11.3 Å². The number of carboxylic acids is 1. The largest absolute Gasteiger partial charge is 0.489 e. The third-order valence-corrected chi connectivity index (χ3v) is 4.06. The van der Waals surface area contributed by atoms with Crippen LogP contribution in [0.1, 0.15) is 48.7 Å². The highest BCUT2D eigenvalue weighted by atomic mass is 32.1. The molecule has 5 heteroatoms. The molecule has 2 N–H and O–H groups in total. The van der Waals surface area contributed by atoms with Crippen molar-refractivity contribution in [3.05, 3.63) is 15.8 Å². The van der Waals surface area contributed by atoms with Crippen molar-refractivity contribution in [2.45, 2.75) is 45.6 Å². The number of hydrogen-bond donors (Lipinski definition) is 2. The van der Waals surface area contributed by atoms with Crippen LogP contribution in [0.4, 0.5) is 0 Å². The van der Waals surface area contributed by atoms with Gasteiger partial charge in [0, 0.05) is 4.88 Å². The summed E-state index contributed by atoms with van der Waals surface area (Å²) < 4.78 is 5.41. The van der Waals surface area contributed by atoms with Gasteiger partial charge in [-0.25, -0.2) is 4.79 Å². The van der Waals surface area contributed by atoms with Crippen LogP contribution in [0.5, 0.6) is 5.75 Å². The van der Waals surface area contributed by atoms with Crippen molar-refractivity contribution in [1.29, 1.82) is 0 Å². The summed E-state index contributed by atoms with van der Waals surface area (Å²) in [4.78, 5) is 12.3. The van der Waals surface area contributed by atoms with Gasteiger partial charge in [0.15, 0.2) is 4.88 Å². The SMILES string of the molecule is CCC(O)COc1cc(C(C)(C)C)sc1C(=O)O. The Bertz CT molecular complexity index is 417. The highest BCUT2D eigenvalue weighted by molar-refractivity contribution is 7.14. The number of ether oxygens (including phenoxy) is 1. The Balaban J connectivity index is 2.95. The van der Waals surface area contributed by atoms with Gasteiger partial charge in [-0.3, -0.25) is 0 Å². The normalized spacial score (nSPS) is 13.4.